The van der Waals surface area contributed by atoms with Crippen LogP contribution in [-0.4, -0.2) is 23.3 Å². The number of halogens is 1. The second-order valence-electron chi connectivity index (χ2n) is 7.52. The number of aromatic nitrogens is 1. The zero-order chi connectivity index (χ0) is 19.7. The standard InChI is InChI=1S/C23H40FNO2/c1-3-5-6-7-8-9-10-11-12-13-14-16-21(24)18-20-25-19-15-17-22(25)23(26)27-4-2/h15,17,19,21H,3-14,16,18,20H2,1-2H3. The zero-order valence-corrected chi connectivity index (χ0v) is 17.6. The minimum absolute atomic E-state index is 0.330. The highest BCUT2D eigenvalue weighted by Gasteiger charge is 2.13. The van der Waals surface area contributed by atoms with Crippen molar-refractivity contribution in [3.8, 4) is 0 Å². The fourth-order valence-electron chi connectivity index (χ4n) is 3.45. The number of unbranched alkanes of at least 4 members (excludes halogenated alkanes) is 10. The van der Waals surface area contributed by atoms with Crippen molar-refractivity contribution < 1.29 is 13.9 Å². The van der Waals surface area contributed by atoms with Gasteiger partial charge in [0.15, 0.2) is 0 Å². The van der Waals surface area contributed by atoms with E-state index in [9.17, 15) is 9.18 Å². The van der Waals surface area contributed by atoms with Gasteiger partial charge in [-0.2, -0.15) is 0 Å². The summed E-state index contributed by atoms with van der Waals surface area (Å²) in [6.07, 6.45) is 16.3. The number of hydrogen-bond donors (Lipinski definition) is 0. The summed E-state index contributed by atoms with van der Waals surface area (Å²) in [4.78, 5) is 11.8. The first-order valence-electron chi connectivity index (χ1n) is 11.1. The number of hydrogen-bond acceptors (Lipinski definition) is 2. The summed E-state index contributed by atoms with van der Waals surface area (Å²) < 4.78 is 20.9. The van der Waals surface area contributed by atoms with Crippen LogP contribution in [0.4, 0.5) is 4.39 Å². The third-order valence-electron chi connectivity index (χ3n) is 5.12. The SMILES string of the molecule is CCCCCCCCCCCCCC(F)CCn1cccc1C(=O)OCC. The van der Waals surface area contributed by atoms with E-state index in [1.165, 1.54) is 57.8 Å². The molecular formula is C23H40FNO2. The highest BCUT2D eigenvalue weighted by Crippen LogP contribution is 2.16. The van der Waals surface area contributed by atoms with E-state index >= 15 is 0 Å². The molecule has 0 saturated carbocycles. The fraction of sp³-hybridized carbons (Fsp3) is 0.783. The van der Waals surface area contributed by atoms with Gasteiger partial charge >= 0.3 is 5.97 Å². The largest absolute Gasteiger partial charge is 0.461 e. The van der Waals surface area contributed by atoms with Gasteiger partial charge in [0.2, 0.25) is 0 Å². The van der Waals surface area contributed by atoms with E-state index in [4.69, 9.17) is 4.74 Å². The Morgan fingerprint density at radius 1 is 0.963 bits per heavy atom. The normalized spacial score (nSPS) is 12.3. The first-order chi connectivity index (χ1) is 13.2. The average molecular weight is 382 g/mol. The fourth-order valence-corrected chi connectivity index (χ4v) is 3.45. The Labute approximate surface area is 165 Å². The maximum Gasteiger partial charge on any atom is 0.354 e. The average Bonchev–Trinajstić information content (AvgIpc) is 3.13. The van der Waals surface area contributed by atoms with Gasteiger partial charge in [-0.05, 0) is 31.9 Å². The molecule has 0 amide bonds. The van der Waals surface area contributed by atoms with Gasteiger partial charge in [-0.25, -0.2) is 9.18 Å². The number of esters is 1. The molecule has 1 aromatic heterocycles. The Balaban J connectivity index is 2.01. The van der Waals surface area contributed by atoms with Crippen molar-refractivity contribution in [2.45, 2.75) is 110 Å². The van der Waals surface area contributed by atoms with Gasteiger partial charge in [0.1, 0.15) is 11.9 Å². The maximum absolute atomic E-state index is 14.1. The molecule has 3 nitrogen and oxygen atoms in total. The lowest BCUT2D eigenvalue weighted by Gasteiger charge is -2.11. The zero-order valence-electron chi connectivity index (χ0n) is 17.6. The van der Waals surface area contributed by atoms with Gasteiger partial charge in [-0.15, -0.1) is 0 Å². The van der Waals surface area contributed by atoms with E-state index in [0.29, 0.717) is 31.7 Å². The summed E-state index contributed by atoms with van der Waals surface area (Å²) >= 11 is 0. The van der Waals surface area contributed by atoms with Crippen molar-refractivity contribution in [2.75, 3.05) is 6.61 Å². The van der Waals surface area contributed by atoms with Crippen LogP contribution in [0.2, 0.25) is 0 Å². The Bertz CT molecular complexity index is 486. The Kier molecular flexibility index (Phi) is 13.8. The molecule has 1 unspecified atom stereocenters. The number of aryl methyl sites for hydroxylation is 1. The maximum atomic E-state index is 14.1. The molecule has 0 fully saturated rings. The highest BCUT2D eigenvalue weighted by atomic mass is 19.1. The van der Waals surface area contributed by atoms with Crippen LogP contribution in [0.25, 0.3) is 0 Å². The van der Waals surface area contributed by atoms with Crippen LogP contribution in [-0.2, 0) is 11.3 Å². The van der Waals surface area contributed by atoms with Gasteiger partial charge < -0.3 is 9.30 Å². The van der Waals surface area contributed by atoms with Crippen LogP contribution < -0.4 is 0 Å². The summed E-state index contributed by atoms with van der Waals surface area (Å²) in [6.45, 7) is 4.93. The number of carbonyl (C=O) groups excluding carboxylic acids is 1. The quantitative estimate of drug-likeness (QED) is 0.213. The molecule has 0 aliphatic rings. The molecule has 1 atom stereocenters. The first-order valence-corrected chi connectivity index (χ1v) is 11.1. The predicted molar refractivity (Wildman–Crippen MR) is 111 cm³/mol. The topological polar surface area (TPSA) is 31.2 Å². The van der Waals surface area contributed by atoms with Crippen molar-refractivity contribution >= 4 is 5.97 Å². The molecule has 0 saturated heterocycles. The number of ether oxygens (including phenoxy) is 1. The van der Waals surface area contributed by atoms with Crippen LogP contribution in [0.1, 0.15) is 108 Å². The van der Waals surface area contributed by atoms with Crippen molar-refractivity contribution in [1.82, 2.24) is 4.57 Å². The van der Waals surface area contributed by atoms with Gasteiger partial charge in [0.25, 0.3) is 0 Å². The lowest BCUT2D eigenvalue weighted by atomic mass is 10.0. The van der Waals surface area contributed by atoms with Gasteiger partial charge in [0.05, 0.1) is 6.61 Å². The molecule has 27 heavy (non-hydrogen) atoms. The van der Waals surface area contributed by atoms with Crippen LogP contribution >= 0.6 is 0 Å². The molecule has 0 aromatic carbocycles. The van der Waals surface area contributed by atoms with Crippen LogP contribution in [0.5, 0.6) is 0 Å². The number of nitrogens with zero attached hydrogens (tertiary/aromatic N) is 1. The lowest BCUT2D eigenvalue weighted by Crippen LogP contribution is -2.14. The van der Waals surface area contributed by atoms with Gasteiger partial charge in [0, 0.05) is 12.7 Å². The molecule has 0 radical (unpaired) electrons. The van der Waals surface area contributed by atoms with E-state index in [1.54, 1.807) is 17.6 Å². The van der Waals surface area contributed by atoms with Crippen molar-refractivity contribution in [3.05, 3.63) is 24.0 Å². The molecule has 1 aromatic rings. The summed E-state index contributed by atoms with van der Waals surface area (Å²) in [5.41, 5.74) is 0.513. The first kappa shape index (κ1) is 23.7. The summed E-state index contributed by atoms with van der Waals surface area (Å²) in [5, 5.41) is 0. The molecule has 0 aliphatic carbocycles. The second kappa shape index (κ2) is 15.7. The molecule has 4 heteroatoms. The molecule has 1 rings (SSSR count). The molecule has 0 bridgehead atoms. The third-order valence-corrected chi connectivity index (χ3v) is 5.12. The summed E-state index contributed by atoms with van der Waals surface area (Å²) in [5.74, 6) is -0.330. The van der Waals surface area contributed by atoms with E-state index in [0.717, 1.165) is 12.8 Å². The van der Waals surface area contributed by atoms with Crippen molar-refractivity contribution in [1.29, 1.82) is 0 Å². The van der Waals surface area contributed by atoms with Gasteiger partial charge in [-0.3, -0.25) is 0 Å². The van der Waals surface area contributed by atoms with E-state index in [1.807, 2.05) is 12.3 Å². The number of alkyl halides is 1. The van der Waals surface area contributed by atoms with Crippen LogP contribution in [0.3, 0.4) is 0 Å². The third kappa shape index (κ3) is 11.2. The monoisotopic (exact) mass is 381 g/mol. The van der Waals surface area contributed by atoms with Crippen LogP contribution in [0, 0.1) is 0 Å². The Hall–Kier alpha value is -1.32. The smallest absolute Gasteiger partial charge is 0.354 e. The van der Waals surface area contributed by atoms with E-state index in [2.05, 4.69) is 6.92 Å². The molecule has 0 N–H and O–H groups in total. The van der Waals surface area contributed by atoms with E-state index in [-0.39, 0.29) is 5.97 Å². The molecule has 0 spiro atoms. The Morgan fingerprint density at radius 3 is 2.15 bits per heavy atom. The predicted octanol–water partition coefficient (Wildman–Crippen LogP) is 7.09. The van der Waals surface area contributed by atoms with Crippen LogP contribution in [0.15, 0.2) is 18.3 Å². The summed E-state index contributed by atoms with van der Waals surface area (Å²) in [7, 11) is 0. The molecular weight excluding hydrogens is 341 g/mol. The Morgan fingerprint density at radius 2 is 1.56 bits per heavy atom. The number of rotatable bonds is 17. The molecule has 1 heterocycles. The lowest BCUT2D eigenvalue weighted by molar-refractivity contribution is 0.0513. The summed E-state index contributed by atoms with van der Waals surface area (Å²) in [6, 6.07) is 3.54. The second-order valence-corrected chi connectivity index (χ2v) is 7.52. The van der Waals surface area contributed by atoms with Gasteiger partial charge in [-0.1, -0.05) is 77.6 Å². The minimum Gasteiger partial charge on any atom is -0.461 e. The number of carbonyl (C=O) groups is 1. The molecule has 156 valence electrons. The highest BCUT2D eigenvalue weighted by molar-refractivity contribution is 5.87. The van der Waals surface area contributed by atoms with Crippen molar-refractivity contribution in [2.24, 2.45) is 0 Å². The molecule has 0 aliphatic heterocycles. The van der Waals surface area contributed by atoms with Crippen molar-refractivity contribution in [3.63, 3.8) is 0 Å². The van der Waals surface area contributed by atoms with E-state index < -0.39 is 6.17 Å². The minimum atomic E-state index is -0.791.